The molecule has 0 spiro atoms. The van der Waals surface area contributed by atoms with Crippen LogP contribution < -0.4 is 15.4 Å². The highest BCUT2D eigenvalue weighted by atomic mass is 16.5. The highest BCUT2D eigenvalue weighted by Gasteiger charge is 2.22. The van der Waals surface area contributed by atoms with Gasteiger partial charge in [-0.1, -0.05) is 42.5 Å². The maximum atomic E-state index is 13.6. The standard InChI is InChI=1S/C30H29N5O2/c1-19-9-8-12-26(20(19)2)33-30(36)25-18-32-29-27(21(3)34-35(29)23-10-6-5-7-11-23)28(25)31-17-22-13-15-24(37-4)16-14-22/h5-16,18H,17H2,1-4H3,(H,31,32)(H,33,36). The Labute approximate surface area is 216 Å². The van der Waals surface area contributed by atoms with Gasteiger partial charge in [0.05, 0.1) is 35.1 Å². The van der Waals surface area contributed by atoms with Crippen molar-refractivity contribution in [1.82, 2.24) is 14.8 Å². The molecule has 37 heavy (non-hydrogen) atoms. The van der Waals surface area contributed by atoms with Crippen LogP contribution >= 0.6 is 0 Å². The molecule has 2 heterocycles. The molecular weight excluding hydrogens is 462 g/mol. The lowest BCUT2D eigenvalue weighted by atomic mass is 10.1. The van der Waals surface area contributed by atoms with Crippen molar-refractivity contribution in [3.8, 4) is 11.4 Å². The Hall–Kier alpha value is -4.65. The summed E-state index contributed by atoms with van der Waals surface area (Å²) in [5.74, 6) is 0.566. The predicted octanol–water partition coefficient (Wildman–Crippen LogP) is 6.22. The number of carbonyl (C=O) groups is 1. The molecule has 2 aromatic heterocycles. The fourth-order valence-electron chi connectivity index (χ4n) is 4.37. The first-order chi connectivity index (χ1) is 18.0. The molecule has 0 saturated carbocycles. The molecule has 2 N–H and O–H groups in total. The van der Waals surface area contributed by atoms with E-state index in [1.54, 1.807) is 13.3 Å². The molecule has 0 atom stereocenters. The first-order valence-corrected chi connectivity index (χ1v) is 12.1. The third kappa shape index (κ3) is 4.76. The maximum Gasteiger partial charge on any atom is 0.259 e. The summed E-state index contributed by atoms with van der Waals surface area (Å²) in [6.45, 7) is 6.49. The third-order valence-electron chi connectivity index (χ3n) is 6.60. The van der Waals surface area contributed by atoms with Crippen molar-refractivity contribution in [3.63, 3.8) is 0 Å². The number of hydrogen-bond acceptors (Lipinski definition) is 5. The minimum atomic E-state index is -0.229. The van der Waals surface area contributed by atoms with Gasteiger partial charge in [0.2, 0.25) is 0 Å². The van der Waals surface area contributed by atoms with Crippen LogP contribution in [0.1, 0.15) is 32.7 Å². The van der Waals surface area contributed by atoms with Crippen LogP contribution in [-0.2, 0) is 6.54 Å². The quantitative estimate of drug-likeness (QED) is 0.283. The van der Waals surface area contributed by atoms with E-state index in [1.807, 2.05) is 98.2 Å². The van der Waals surface area contributed by atoms with E-state index in [4.69, 9.17) is 14.8 Å². The van der Waals surface area contributed by atoms with Gasteiger partial charge in [-0.05, 0) is 67.8 Å². The highest BCUT2D eigenvalue weighted by Crippen LogP contribution is 2.32. The molecule has 0 fully saturated rings. The number of aromatic nitrogens is 3. The highest BCUT2D eigenvalue weighted by molar-refractivity contribution is 6.13. The van der Waals surface area contributed by atoms with Crippen LogP contribution in [0.25, 0.3) is 16.7 Å². The Bertz CT molecular complexity index is 1570. The minimum absolute atomic E-state index is 0.229. The molecule has 0 bridgehead atoms. The molecule has 0 aliphatic heterocycles. The Morgan fingerprint density at radius 1 is 0.946 bits per heavy atom. The molecule has 0 aliphatic rings. The van der Waals surface area contributed by atoms with Gasteiger partial charge >= 0.3 is 0 Å². The Balaban J connectivity index is 1.59. The van der Waals surface area contributed by atoms with Crippen LogP contribution in [0.3, 0.4) is 0 Å². The number of nitrogens with zero attached hydrogens (tertiary/aromatic N) is 3. The smallest absolute Gasteiger partial charge is 0.259 e. The fourth-order valence-corrected chi connectivity index (χ4v) is 4.37. The van der Waals surface area contributed by atoms with E-state index in [-0.39, 0.29) is 5.91 Å². The average molecular weight is 492 g/mol. The average Bonchev–Trinajstić information content (AvgIpc) is 3.27. The number of methoxy groups -OCH3 is 1. The van der Waals surface area contributed by atoms with Crippen LogP contribution in [0, 0.1) is 20.8 Å². The minimum Gasteiger partial charge on any atom is -0.497 e. The summed E-state index contributed by atoms with van der Waals surface area (Å²) in [5.41, 5.74) is 7.51. The van der Waals surface area contributed by atoms with Crippen molar-refractivity contribution in [2.24, 2.45) is 0 Å². The largest absolute Gasteiger partial charge is 0.497 e. The Morgan fingerprint density at radius 2 is 1.70 bits per heavy atom. The number of amides is 1. The number of pyridine rings is 1. The summed E-state index contributed by atoms with van der Waals surface area (Å²) in [6.07, 6.45) is 1.62. The van der Waals surface area contributed by atoms with Crippen LogP contribution in [0.4, 0.5) is 11.4 Å². The second-order valence-corrected chi connectivity index (χ2v) is 8.98. The van der Waals surface area contributed by atoms with E-state index >= 15 is 0 Å². The van der Waals surface area contributed by atoms with Crippen LogP contribution in [0.5, 0.6) is 5.75 Å². The summed E-state index contributed by atoms with van der Waals surface area (Å²) in [4.78, 5) is 18.3. The molecule has 1 amide bonds. The third-order valence-corrected chi connectivity index (χ3v) is 6.60. The fraction of sp³-hybridized carbons (Fsp3) is 0.167. The maximum absolute atomic E-state index is 13.6. The number of nitrogens with one attached hydrogen (secondary N) is 2. The Kier molecular flexibility index (Phi) is 6.60. The summed E-state index contributed by atoms with van der Waals surface area (Å²) < 4.78 is 7.10. The molecule has 0 saturated heterocycles. The molecule has 5 rings (SSSR count). The molecule has 0 aliphatic carbocycles. The number of carbonyl (C=O) groups excluding carboxylic acids is 1. The zero-order valence-electron chi connectivity index (χ0n) is 21.4. The number of fused-ring (bicyclic) bond motifs is 1. The zero-order valence-corrected chi connectivity index (χ0v) is 21.4. The number of rotatable bonds is 7. The van der Waals surface area contributed by atoms with E-state index in [0.29, 0.717) is 23.4 Å². The molecule has 5 aromatic rings. The van der Waals surface area contributed by atoms with Crippen molar-refractivity contribution in [2.75, 3.05) is 17.7 Å². The van der Waals surface area contributed by atoms with E-state index < -0.39 is 0 Å². The normalized spacial score (nSPS) is 10.9. The van der Waals surface area contributed by atoms with Gasteiger partial charge in [0.1, 0.15) is 5.75 Å². The topological polar surface area (TPSA) is 81.1 Å². The van der Waals surface area contributed by atoms with Crippen LogP contribution in [0.15, 0.2) is 79.0 Å². The second kappa shape index (κ2) is 10.1. The van der Waals surface area contributed by atoms with Crippen LogP contribution in [0.2, 0.25) is 0 Å². The Morgan fingerprint density at radius 3 is 2.43 bits per heavy atom. The number of anilines is 2. The summed E-state index contributed by atoms with van der Waals surface area (Å²) in [6, 6.07) is 23.6. The van der Waals surface area contributed by atoms with Gasteiger partial charge in [0.15, 0.2) is 5.65 Å². The lowest BCUT2D eigenvalue weighted by molar-refractivity contribution is 0.102. The number of ether oxygens (including phenoxy) is 1. The molecule has 0 unspecified atom stereocenters. The molecule has 0 radical (unpaired) electrons. The van der Waals surface area contributed by atoms with E-state index in [0.717, 1.165) is 44.9 Å². The SMILES string of the molecule is COc1ccc(CNc2c(C(=O)Nc3cccc(C)c3C)cnc3c2c(C)nn3-c2ccccc2)cc1. The van der Waals surface area contributed by atoms with Crippen molar-refractivity contribution >= 4 is 28.3 Å². The number of hydrogen-bond donors (Lipinski definition) is 2. The number of aryl methyl sites for hydroxylation is 2. The molecule has 7 nitrogen and oxygen atoms in total. The first-order valence-electron chi connectivity index (χ1n) is 12.1. The van der Waals surface area contributed by atoms with Gasteiger partial charge in [-0.25, -0.2) is 9.67 Å². The molecule has 186 valence electrons. The van der Waals surface area contributed by atoms with E-state index in [2.05, 4.69) is 10.6 Å². The summed E-state index contributed by atoms with van der Waals surface area (Å²) in [5, 5.41) is 12.2. The van der Waals surface area contributed by atoms with Crippen molar-refractivity contribution in [1.29, 1.82) is 0 Å². The lowest BCUT2D eigenvalue weighted by Gasteiger charge is -2.15. The van der Waals surface area contributed by atoms with Crippen molar-refractivity contribution < 1.29 is 9.53 Å². The van der Waals surface area contributed by atoms with Crippen molar-refractivity contribution in [2.45, 2.75) is 27.3 Å². The van der Waals surface area contributed by atoms with Gasteiger partial charge in [0, 0.05) is 18.4 Å². The van der Waals surface area contributed by atoms with Gasteiger partial charge in [-0.2, -0.15) is 5.10 Å². The van der Waals surface area contributed by atoms with Gasteiger partial charge in [0.25, 0.3) is 5.91 Å². The first kappa shape index (κ1) is 24.1. The number of benzene rings is 3. The monoisotopic (exact) mass is 491 g/mol. The molecular formula is C30H29N5O2. The van der Waals surface area contributed by atoms with Gasteiger partial charge in [-0.15, -0.1) is 0 Å². The van der Waals surface area contributed by atoms with Crippen LogP contribution in [-0.4, -0.2) is 27.8 Å². The molecule has 7 heteroatoms. The predicted molar refractivity (Wildman–Crippen MR) is 148 cm³/mol. The summed E-state index contributed by atoms with van der Waals surface area (Å²) >= 11 is 0. The van der Waals surface area contributed by atoms with Crippen molar-refractivity contribution in [3.05, 3.63) is 107 Å². The zero-order chi connectivity index (χ0) is 25.9. The van der Waals surface area contributed by atoms with E-state index in [1.165, 1.54) is 0 Å². The van der Waals surface area contributed by atoms with Gasteiger partial charge in [-0.3, -0.25) is 4.79 Å². The second-order valence-electron chi connectivity index (χ2n) is 8.98. The molecule has 3 aromatic carbocycles. The van der Waals surface area contributed by atoms with Gasteiger partial charge < -0.3 is 15.4 Å². The summed E-state index contributed by atoms with van der Waals surface area (Å²) in [7, 11) is 1.65. The lowest BCUT2D eigenvalue weighted by Crippen LogP contribution is -2.16. The van der Waals surface area contributed by atoms with E-state index in [9.17, 15) is 4.79 Å². The number of para-hydroxylation sites is 1.